The molecule has 0 radical (unpaired) electrons. The van der Waals surface area contributed by atoms with Crippen LogP contribution in [0.2, 0.25) is 0 Å². The molecule has 5 heteroatoms. The molecule has 0 spiro atoms. The van der Waals surface area contributed by atoms with Crippen molar-refractivity contribution in [3.8, 4) is 5.75 Å². The van der Waals surface area contributed by atoms with E-state index in [1.165, 1.54) is 31.4 Å². The standard InChI is InChI=1S/C14H11BrF2O2/c1-19-8-5-6-9(12(16)7-8)14(18)10-3-2-4-11(15)13(10)17/h2-7,14,18H,1H3. The van der Waals surface area contributed by atoms with Crippen LogP contribution in [0.1, 0.15) is 17.2 Å². The lowest BCUT2D eigenvalue weighted by Crippen LogP contribution is -2.05. The van der Waals surface area contributed by atoms with E-state index in [9.17, 15) is 13.9 Å². The summed E-state index contributed by atoms with van der Waals surface area (Å²) in [5.74, 6) is -0.917. The predicted octanol–water partition coefficient (Wildman–Crippen LogP) is 3.82. The number of aliphatic hydroxyl groups excluding tert-OH is 1. The topological polar surface area (TPSA) is 29.5 Å². The van der Waals surface area contributed by atoms with Gasteiger partial charge in [0.15, 0.2) is 0 Å². The lowest BCUT2D eigenvalue weighted by Gasteiger charge is -2.14. The molecule has 1 atom stereocenters. The molecule has 0 aliphatic carbocycles. The lowest BCUT2D eigenvalue weighted by molar-refractivity contribution is 0.209. The molecular weight excluding hydrogens is 318 g/mol. The van der Waals surface area contributed by atoms with Crippen LogP contribution in [0, 0.1) is 11.6 Å². The molecule has 0 aliphatic heterocycles. The van der Waals surface area contributed by atoms with E-state index in [4.69, 9.17) is 4.74 Å². The highest BCUT2D eigenvalue weighted by Crippen LogP contribution is 2.30. The zero-order valence-electron chi connectivity index (χ0n) is 10.0. The minimum Gasteiger partial charge on any atom is -0.497 e. The fourth-order valence-corrected chi connectivity index (χ4v) is 2.14. The molecule has 0 amide bonds. The average Bonchev–Trinajstić information content (AvgIpc) is 2.41. The van der Waals surface area contributed by atoms with Crippen LogP contribution in [0.3, 0.4) is 0 Å². The minimum atomic E-state index is -1.37. The monoisotopic (exact) mass is 328 g/mol. The summed E-state index contributed by atoms with van der Waals surface area (Å²) < 4.78 is 32.8. The number of hydrogen-bond acceptors (Lipinski definition) is 2. The zero-order valence-corrected chi connectivity index (χ0v) is 11.6. The summed E-state index contributed by atoms with van der Waals surface area (Å²) in [6.07, 6.45) is -1.37. The predicted molar refractivity (Wildman–Crippen MR) is 71.1 cm³/mol. The fourth-order valence-electron chi connectivity index (χ4n) is 1.76. The van der Waals surface area contributed by atoms with Crippen LogP contribution in [0.25, 0.3) is 0 Å². The van der Waals surface area contributed by atoms with Crippen LogP contribution >= 0.6 is 15.9 Å². The van der Waals surface area contributed by atoms with Crippen LogP contribution in [-0.2, 0) is 0 Å². The fraction of sp³-hybridized carbons (Fsp3) is 0.143. The van der Waals surface area contributed by atoms with E-state index in [0.29, 0.717) is 5.75 Å². The third-order valence-corrected chi connectivity index (χ3v) is 3.39. The Bertz CT molecular complexity index is 602. The van der Waals surface area contributed by atoms with E-state index in [1.807, 2.05) is 0 Å². The van der Waals surface area contributed by atoms with Crippen molar-refractivity contribution in [2.24, 2.45) is 0 Å². The Morgan fingerprint density at radius 1 is 1.16 bits per heavy atom. The summed E-state index contributed by atoms with van der Waals surface area (Å²) in [4.78, 5) is 0. The van der Waals surface area contributed by atoms with Gasteiger partial charge in [0.1, 0.15) is 23.5 Å². The largest absolute Gasteiger partial charge is 0.497 e. The smallest absolute Gasteiger partial charge is 0.143 e. The molecule has 0 fully saturated rings. The highest BCUT2D eigenvalue weighted by molar-refractivity contribution is 9.10. The quantitative estimate of drug-likeness (QED) is 0.928. The number of benzene rings is 2. The molecule has 0 heterocycles. The number of aliphatic hydroxyl groups is 1. The van der Waals surface area contributed by atoms with Gasteiger partial charge in [-0.1, -0.05) is 12.1 Å². The molecular formula is C14H11BrF2O2. The first kappa shape index (κ1) is 14.0. The van der Waals surface area contributed by atoms with E-state index >= 15 is 0 Å². The highest BCUT2D eigenvalue weighted by atomic mass is 79.9. The van der Waals surface area contributed by atoms with Crippen molar-refractivity contribution in [2.45, 2.75) is 6.10 Å². The summed E-state index contributed by atoms with van der Waals surface area (Å²) in [5.41, 5.74) is 0.0104. The third-order valence-electron chi connectivity index (χ3n) is 2.78. The molecule has 1 unspecified atom stereocenters. The van der Waals surface area contributed by atoms with Gasteiger partial charge >= 0.3 is 0 Å². The normalized spacial score (nSPS) is 12.3. The maximum atomic E-state index is 13.9. The molecule has 1 N–H and O–H groups in total. The average molecular weight is 329 g/mol. The molecule has 19 heavy (non-hydrogen) atoms. The van der Waals surface area contributed by atoms with Crippen molar-refractivity contribution in [1.82, 2.24) is 0 Å². The Kier molecular flexibility index (Phi) is 4.17. The van der Waals surface area contributed by atoms with Gasteiger partial charge in [0.2, 0.25) is 0 Å². The van der Waals surface area contributed by atoms with Gasteiger partial charge in [0.05, 0.1) is 11.6 Å². The lowest BCUT2D eigenvalue weighted by atomic mass is 10.0. The third kappa shape index (κ3) is 2.77. The summed E-state index contributed by atoms with van der Waals surface area (Å²) in [7, 11) is 1.42. The van der Waals surface area contributed by atoms with Gasteiger partial charge < -0.3 is 9.84 Å². The Morgan fingerprint density at radius 2 is 1.89 bits per heavy atom. The molecule has 0 aromatic heterocycles. The second-order valence-electron chi connectivity index (χ2n) is 3.93. The first-order valence-corrected chi connectivity index (χ1v) is 6.29. The first-order chi connectivity index (χ1) is 9.04. The van der Waals surface area contributed by atoms with Crippen LogP contribution in [0.4, 0.5) is 8.78 Å². The molecule has 100 valence electrons. The Hall–Kier alpha value is -1.46. The van der Waals surface area contributed by atoms with Crippen LogP contribution in [0.5, 0.6) is 5.75 Å². The molecule has 0 bridgehead atoms. The van der Waals surface area contributed by atoms with E-state index in [1.54, 1.807) is 6.07 Å². The van der Waals surface area contributed by atoms with E-state index < -0.39 is 17.7 Å². The summed E-state index contributed by atoms with van der Waals surface area (Å²) in [6, 6.07) is 8.53. The molecule has 2 nitrogen and oxygen atoms in total. The SMILES string of the molecule is COc1ccc(C(O)c2cccc(Br)c2F)c(F)c1. The van der Waals surface area contributed by atoms with Crippen molar-refractivity contribution in [3.63, 3.8) is 0 Å². The van der Waals surface area contributed by atoms with Gasteiger partial charge in [-0.2, -0.15) is 0 Å². The Labute approximate surface area is 117 Å². The molecule has 0 aliphatic rings. The molecule has 0 saturated carbocycles. The number of rotatable bonds is 3. The van der Waals surface area contributed by atoms with Gasteiger partial charge in [-0.15, -0.1) is 0 Å². The van der Waals surface area contributed by atoms with E-state index in [-0.39, 0.29) is 15.6 Å². The number of hydrogen-bond donors (Lipinski definition) is 1. The first-order valence-electron chi connectivity index (χ1n) is 5.50. The van der Waals surface area contributed by atoms with Gasteiger partial charge in [-0.3, -0.25) is 0 Å². The van der Waals surface area contributed by atoms with Gasteiger partial charge in [-0.25, -0.2) is 8.78 Å². The van der Waals surface area contributed by atoms with Crippen molar-refractivity contribution in [2.75, 3.05) is 7.11 Å². The van der Waals surface area contributed by atoms with Crippen LogP contribution in [-0.4, -0.2) is 12.2 Å². The van der Waals surface area contributed by atoms with Gasteiger partial charge in [0.25, 0.3) is 0 Å². The molecule has 2 aromatic rings. The van der Waals surface area contributed by atoms with Crippen LogP contribution in [0.15, 0.2) is 40.9 Å². The second kappa shape index (κ2) is 5.67. The Morgan fingerprint density at radius 3 is 2.53 bits per heavy atom. The number of methoxy groups -OCH3 is 1. The van der Waals surface area contributed by atoms with Gasteiger partial charge in [0, 0.05) is 17.2 Å². The number of halogens is 3. The van der Waals surface area contributed by atoms with E-state index in [2.05, 4.69) is 15.9 Å². The van der Waals surface area contributed by atoms with Crippen molar-refractivity contribution < 1.29 is 18.6 Å². The maximum Gasteiger partial charge on any atom is 0.143 e. The zero-order chi connectivity index (χ0) is 14.0. The maximum absolute atomic E-state index is 13.9. The summed E-state index contributed by atoms with van der Waals surface area (Å²) in [6.45, 7) is 0. The summed E-state index contributed by atoms with van der Waals surface area (Å²) in [5, 5.41) is 10.1. The molecule has 0 saturated heterocycles. The van der Waals surface area contributed by atoms with Gasteiger partial charge in [-0.05, 0) is 34.1 Å². The van der Waals surface area contributed by atoms with Crippen molar-refractivity contribution >= 4 is 15.9 Å². The molecule has 2 aromatic carbocycles. The van der Waals surface area contributed by atoms with Crippen molar-refractivity contribution in [1.29, 1.82) is 0 Å². The second-order valence-corrected chi connectivity index (χ2v) is 4.79. The number of ether oxygens (including phenoxy) is 1. The molecule has 2 rings (SSSR count). The Balaban J connectivity index is 2.44. The van der Waals surface area contributed by atoms with Crippen LogP contribution < -0.4 is 4.74 Å². The summed E-state index contributed by atoms with van der Waals surface area (Å²) >= 11 is 3.03. The minimum absolute atomic E-state index is 0.00204. The van der Waals surface area contributed by atoms with E-state index in [0.717, 1.165) is 6.07 Å². The highest BCUT2D eigenvalue weighted by Gasteiger charge is 2.20. The van der Waals surface area contributed by atoms with Crippen molar-refractivity contribution in [3.05, 3.63) is 63.6 Å².